The van der Waals surface area contributed by atoms with Gasteiger partial charge in [0.1, 0.15) is 11.4 Å². The van der Waals surface area contributed by atoms with Crippen LogP contribution in [0.1, 0.15) is 19.4 Å². The van der Waals surface area contributed by atoms with Crippen LogP contribution in [0.15, 0.2) is 69.1 Å². The lowest BCUT2D eigenvalue weighted by Crippen LogP contribution is -2.47. The third-order valence-corrected chi connectivity index (χ3v) is 7.44. The minimum absolute atomic E-state index is 0.0920. The second-order valence-corrected chi connectivity index (χ2v) is 10.4. The molecule has 0 spiro atoms. The lowest BCUT2D eigenvalue weighted by Gasteiger charge is -2.35. The number of morpholine rings is 1. The number of para-hydroxylation sites is 1. The summed E-state index contributed by atoms with van der Waals surface area (Å²) in [5, 5.41) is 5.60. The number of hydrogen-bond acceptors (Lipinski definition) is 6. The van der Waals surface area contributed by atoms with Crippen LogP contribution in [0.25, 0.3) is 23.0 Å². The Kier molecular flexibility index (Phi) is 6.82. The fourth-order valence-electron chi connectivity index (χ4n) is 4.25. The van der Waals surface area contributed by atoms with Crippen LogP contribution < -0.4 is 4.74 Å². The van der Waals surface area contributed by atoms with Gasteiger partial charge in [0.25, 0.3) is 5.91 Å². The molecule has 0 aliphatic carbocycles. The SMILES string of the molecule is COc1ccc(-c2nn(-c3ccccc3)cc2C=C2SC(N3CC(C)OC(C)C3)=NC2=O)cc1Br. The highest BCUT2D eigenvalue weighted by molar-refractivity contribution is 9.10. The van der Waals surface area contributed by atoms with Crippen LogP contribution in [0.5, 0.6) is 5.75 Å². The molecule has 9 heteroatoms. The zero-order valence-corrected chi connectivity index (χ0v) is 22.0. The van der Waals surface area contributed by atoms with Crippen LogP contribution in [0.2, 0.25) is 0 Å². The van der Waals surface area contributed by atoms with E-state index in [9.17, 15) is 4.79 Å². The molecular weight excluding hydrogens is 528 g/mol. The van der Waals surface area contributed by atoms with E-state index in [4.69, 9.17) is 14.6 Å². The summed E-state index contributed by atoms with van der Waals surface area (Å²) in [5.41, 5.74) is 3.44. The Morgan fingerprint density at radius 1 is 1.14 bits per heavy atom. The average molecular weight is 553 g/mol. The summed E-state index contributed by atoms with van der Waals surface area (Å²) in [7, 11) is 1.64. The molecule has 2 aromatic carbocycles. The molecule has 180 valence electrons. The summed E-state index contributed by atoms with van der Waals surface area (Å²) in [6, 6.07) is 15.7. The lowest BCUT2D eigenvalue weighted by atomic mass is 10.1. The van der Waals surface area contributed by atoms with Crippen molar-refractivity contribution < 1.29 is 14.3 Å². The van der Waals surface area contributed by atoms with E-state index in [1.165, 1.54) is 11.8 Å². The summed E-state index contributed by atoms with van der Waals surface area (Å²) < 4.78 is 13.9. The first-order valence-electron chi connectivity index (χ1n) is 11.3. The smallest absolute Gasteiger partial charge is 0.286 e. The Hall–Kier alpha value is -2.88. The standard InChI is InChI=1S/C26H25BrN4O3S/c1-16-13-30(14-17(2)34-16)26-28-25(32)23(35-26)12-19-15-31(20-7-5-4-6-8-20)29-24(19)18-9-10-22(33-3)21(27)11-18/h4-12,15-17H,13-14H2,1-3H3. The largest absolute Gasteiger partial charge is 0.496 e. The Bertz CT molecular complexity index is 1310. The number of amides is 1. The van der Waals surface area contributed by atoms with Crippen LogP contribution in [0.4, 0.5) is 0 Å². The summed E-state index contributed by atoms with van der Waals surface area (Å²) in [5.74, 6) is 0.510. The molecule has 1 fully saturated rings. The Balaban J connectivity index is 1.51. The predicted molar refractivity (Wildman–Crippen MR) is 143 cm³/mol. The maximum absolute atomic E-state index is 12.9. The molecule has 5 rings (SSSR count). The van der Waals surface area contributed by atoms with Crippen LogP contribution in [0.3, 0.4) is 0 Å². The molecule has 0 bridgehead atoms. The van der Waals surface area contributed by atoms with Crippen molar-refractivity contribution in [2.75, 3.05) is 20.2 Å². The molecule has 3 aromatic rings. The van der Waals surface area contributed by atoms with E-state index in [1.54, 1.807) is 7.11 Å². The number of halogens is 1. The van der Waals surface area contributed by atoms with E-state index in [2.05, 4.69) is 25.8 Å². The van der Waals surface area contributed by atoms with E-state index in [1.807, 2.05) is 79.3 Å². The quantitative estimate of drug-likeness (QED) is 0.404. The number of carbonyl (C=O) groups is 1. The first-order chi connectivity index (χ1) is 16.9. The van der Waals surface area contributed by atoms with Gasteiger partial charge in [-0.1, -0.05) is 18.2 Å². The summed E-state index contributed by atoms with van der Waals surface area (Å²) in [6.45, 7) is 5.51. The fourth-order valence-corrected chi connectivity index (χ4v) is 5.72. The summed E-state index contributed by atoms with van der Waals surface area (Å²) >= 11 is 4.98. The summed E-state index contributed by atoms with van der Waals surface area (Å²) in [4.78, 5) is 19.9. The fraction of sp³-hybridized carbons (Fsp3) is 0.269. The van der Waals surface area contributed by atoms with Gasteiger partial charge < -0.3 is 14.4 Å². The minimum Gasteiger partial charge on any atom is -0.496 e. The molecule has 1 aromatic heterocycles. The van der Waals surface area contributed by atoms with E-state index in [0.717, 1.165) is 37.9 Å². The van der Waals surface area contributed by atoms with Gasteiger partial charge in [0.2, 0.25) is 0 Å². The van der Waals surface area contributed by atoms with Crippen LogP contribution in [-0.2, 0) is 9.53 Å². The molecule has 0 saturated carbocycles. The molecular formula is C26H25BrN4O3S. The number of nitrogens with zero attached hydrogens (tertiary/aromatic N) is 4. The van der Waals surface area contributed by atoms with Crippen molar-refractivity contribution in [3.8, 4) is 22.7 Å². The molecule has 2 atom stereocenters. The molecule has 35 heavy (non-hydrogen) atoms. The molecule has 1 amide bonds. The van der Waals surface area contributed by atoms with Gasteiger partial charge in [0, 0.05) is 30.4 Å². The van der Waals surface area contributed by atoms with E-state index < -0.39 is 0 Å². The lowest BCUT2D eigenvalue weighted by molar-refractivity contribution is -0.113. The third kappa shape index (κ3) is 5.07. The second kappa shape index (κ2) is 10.0. The highest BCUT2D eigenvalue weighted by atomic mass is 79.9. The third-order valence-electron chi connectivity index (χ3n) is 5.77. The van der Waals surface area contributed by atoms with Gasteiger partial charge in [-0.15, -0.1) is 0 Å². The summed E-state index contributed by atoms with van der Waals surface area (Å²) in [6.07, 6.45) is 4.01. The Morgan fingerprint density at radius 2 is 1.89 bits per heavy atom. The van der Waals surface area contributed by atoms with Gasteiger partial charge in [-0.3, -0.25) is 4.79 Å². The second-order valence-electron chi connectivity index (χ2n) is 8.53. The molecule has 2 aliphatic rings. The number of thioether (sulfide) groups is 1. The topological polar surface area (TPSA) is 68.9 Å². The normalized spacial score (nSPS) is 21.5. The number of hydrogen-bond donors (Lipinski definition) is 0. The van der Waals surface area contributed by atoms with E-state index in [0.29, 0.717) is 18.0 Å². The van der Waals surface area contributed by atoms with Crippen LogP contribution >= 0.6 is 27.7 Å². The number of aliphatic imine (C=N–C) groups is 1. The first kappa shape index (κ1) is 23.8. The number of amidine groups is 1. The van der Waals surface area contributed by atoms with Crippen molar-refractivity contribution in [3.05, 3.63) is 69.7 Å². The van der Waals surface area contributed by atoms with Crippen molar-refractivity contribution in [2.45, 2.75) is 26.1 Å². The van der Waals surface area contributed by atoms with Crippen molar-refractivity contribution in [1.82, 2.24) is 14.7 Å². The van der Waals surface area contributed by atoms with Crippen molar-refractivity contribution in [1.29, 1.82) is 0 Å². The highest BCUT2D eigenvalue weighted by Crippen LogP contribution is 2.36. The Labute approximate surface area is 217 Å². The zero-order chi connectivity index (χ0) is 24.5. The number of benzene rings is 2. The van der Waals surface area contributed by atoms with Gasteiger partial charge in [-0.25, -0.2) is 4.68 Å². The maximum atomic E-state index is 12.9. The van der Waals surface area contributed by atoms with E-state index in [-0.39, 0.29) is 18.1 Å². The number of carbonyl (C=O) groups excluding carboxylic acids is 1. The minimum atomic E-state index is -0.230. The van der Waals surface area contributed by atoms with Crippen LogP contribution in [0, 0.1) is 0 Å². The van der Waals surface area contributed by atoms with Crippen molar-refractivity contribution >= 4 is 44.8 Å². The molecule has 0 N–H and O–H groups in total. The maximum Gasteiger partial charge on any atom is 0.286 e. The Morgan fingerprint density at radius 3 is 2.57 bits per heavy atom. The van der Waals surface area contributed by atoms with Gasteiger partial charge in [0.05, 0.1) is 34.4 Å². The first-order valence-corrected chi connectivity index (χ1v) is 12.9. The molecule has 2 unspecified atom stereocenters. The van der Waals surface area contributed by atoms with Crippen molar-refractivity contribution in [2.24, 2.45) is 4.99 Å². The zero-order valence-electron chi connectivity index (χ0n) is 19.6. The van der Waals surface area contributed by atoms with Crippen molar-refractivity contribution in [3.63, 3.8) is 0 Å². The number of rotatable bonds is 4. The molecule has 7 nitrogen and oxygen atoms in total. The van der Waals surface area contributed by atoms with Gasteiger partial charge in [-0.05, 0) is 77.9 Å². The monoisotopic (exact) mass is 552 g/mol. The van der Waals surface area contributed by atoms with Gasteiger partial charge in [0.15, 0.2) is 5.17 Å². The van der Waals surface area contributed by atoms with E-state index >= 15 is 0 Å². The molecule has 2 aliphatic heterocycles. The molecule has 3 heterocycles. The van der Waals surface area contributed by atoms with Gasteiger partial charge in [-0.2, -0.15) is 10.1 Å². The average Bonchev–Trinajstić information content (AvgIpc) is 3.43. The number of aromatic nitrogens is 2. The molecule has 0 radical (unpaired) electrons. The highest BCUT2D eigenvalue weighted by Gasteiger charge is 2.31. The van der Waals surface area contributed by atoms with Gasteiger partial charge >= 0.3 is 0 Å². The number of methoxy groups -OCH3 is 1. The van der Waals surface area contributed by atoms with Crippen LogP contribution in [-0.4, -0.2) is 58.2 Å². The predicted octanol–water partition coefficient (Wildman–Crippen LogP) is 5.39. The number of ether oxygens (including phenoxy) is 2. The molecule has 1 saturated heterocycles.